The van der Waals surface area contributed by atoms with Gasteiger partial charge in [0.25, 0.3) is 5.91 Å². The molecule has 3 N–H and O–H groups in total. The number of aromatic nitrogens is 2. The fourth-order valence-electron chi connectivity index (χ4n) is 4.58. The Morgan fingerprint density at radius 3 is 2.72 bits per heavy atom. The zero-order chi connectivity index (χ0) is 25.4. The number of pyridine rings is 2. The van der Waals surface area contributed by atoms with Crippen LogP contribution in [0, 0.1) is 5.92 Å². The predicted octanol–water partition coefficient (Wildman–Crippen LogP) is 6.04. The molecule has 2 aromatic heterocycles. The van der Waals surface area contributed by atoms with Gasteiger partial charge in [-0.1, -0.05) is 39.0 Å². The summed E-state index contributed by atoms with van der Waals surface area (Å²) < 4.78 is 0. The molecule has 1 aromatic carbocycles. The molecule has 0 spiro atoms. The molecule has 6 nitrogen and oxygen atoms in total. The van der Waals surface area contributed by atoms with E-state index in [1.54, 1.807) is 30.7 Å². The van der Waals surface area contributed by atoms with Crippen LogP contribution in [0.1, 0.15) is 67.1 Å². The summed E-state index contributed by atoms with van der Waals surface area (Å²) >= 11 is 0. The first-order chi connectivity index (χ1) is 17.4. The van der Waals surface area contributed by atoms with Gasteiger partial charge in [-0.3, -0.25) is 9.78 Å². The summed E-state index contributed by atoms with van der Waals surface area (Å²) in [5.41, 5.74) is 4.77. The van der Waals surface area contributed by atoms with Crippen molar-refractivity contribution >= 4 is 23.5 Å². The van der Waals surface area contributed by atoms with Crippen LogP contribution < -0.4 is 16.0 Å². The molecule has 0 aliphatic carbocycles. The number of anilines is 2. The van der Waals surface area contributed by atoms with Crippen LogP contribution in [-0.2, 0) is 12.0 Å². The maximum Gasteiger partial charge on any atom is 0.259 e. The lowest BCUT2D eigenvalue weighted by molar-refractivity contribution is 0.102. The molecule has 0 radical (unpaired) electrons. The number of amides is 1. The maximum absolute atomic E-state index is 13.2. The third-order valence-electron chi connectivity index (χ3n) is 6.58. The molecule has 0 bridgehead atoms. The van der Waals surface area contributed by atoms with Crippen LogP contribution in [0.5, 0.6) is 0 Å². The van der Waals surface area contributed by atoms with E-state index in [2.05, 4.69) is 71.0 Å². The summed E-state index contributed by atoms with van der Waals surface area (Å²) in [5.74, 6) is 1.15. The number of nitrogens with zero attached hydrogens (tertiary/aromatic N) is 2. The molecule has 188 valence electrons. The Morgan fingerprint density at radius 2 is 1.97 bits per heavy atom. The van der Waals surface area contributed by atoms with Crippen LogP contribution in [0.2, 0.25) is 0 Å². The third-order valence-corrected chi connectivity index (χ3v) is 6.58. The van der Waals surface area contributed by atoms with Gasteiger partial charge in [0.2, 0.25) is 0 Å². The van der Waals surface area contributed by atoms with E-state index in [4.69, 9.17) is 0 Å². The van der Waals surface area contributed by atoms with Gasteiger partial charge in [0.1, 0.15) is 5.82 Å². The quantitative estimate of drug-likeness (QED) is 0.346. The van der Waals surface area contributed by atoms with Gasteiger partial charge < -0.3 is 16.0 Å². The Labute approximate surface area is 214 Å². The molecule has 1 unspecified atom stereocenters. The van der Waals surface area contributed by atoms with Crippen LogP contribution in [0.25, 0.3) is 6.08 Å². The summed E-state index contributed by atoms with van der Waals surface area (Å²) in [6, 6.07) is 13.6. The largest absolute Gasteiger partial charge is 0.365 e. The molecule has 1 aliphatic heterocycles. The highest BCUT2D eigenvalue weighted by atomic mass is 16.1. The second kappa shape index (κ2) is 12.0. The lowest BCUT2D eigenvalue weighted by atomic mass is 9.83. The summed E-state index contributed by atoms with van der Waals surface area (Å²) in [5, 5.41) is 9.80. The lowest BCUT2D eigenvalue weighted by Gasteiger charge is -2.22. The van der Waals surface area contributed by atoms with Crippen molar-refractivity contribution in [3.63, 3.8) is 0 Å². The number of benzene rings is 1. The summed E-state index contributed by atoms with van der Waals surface area (Å²) in [6.07, 6.45) is 13.2. The number of carbonyl (C=O) groups excluding carboxylic acids is 1. The van der Waals surface area contributed by atoms with Crippen molar-refractivity contribution in [2.75, 3.05) is 23.7 Å². The van der Waals surface area contributed by atoms with Crippen molar-refractivity contribution in [1.29, 1.82) is 0 Å². The highest BCUT2D eigenvalue weighted by Crippen LogP contribution is 2.30. The first-order valence-corrected chi connectivity index (χ1v) is 12.8. The third kappa shape index (κ3) is 7.01. The molecule has 0 saturated carbocycles. The topological polar surface area (TPSA) is 78.9 Å². The van der Waals surface area contributed by atoms with Gasteiger partial charge in [-0.2, -0.15) is 0 Å². The summed E-state index contributed by atoms with van der Waals surface area (Å²) in [7, 11) is 0. The molecule has 3 aromatic rings. The van der Waals surface area contributed by atoms with Crippen molar-refractivity contribution in [2.45, 2.75) is 52.0 Å². The van der Waals surface area contributed by atoms with Gasteiger partial charge in [0, 0.05) is 30.8 Å². The molecule has 3 heterocycles. The molecule has 1 atom stereocenters. The van der Waals surface area contributed by atoms with Crippen LogP contribution in [0.15, 0.2) is 67.1 Å². The molecular weight excluding hydrogens is 446 g/mol. The molecule has 1 aliphatic rings. The minimum atomic E-state index is -0.187. The monoisotopic (exact) mass is 483 g/mol. The molecule has 1 fully saturated rings. The maximum atomic E-state index is 13.2. The van der Waals surface area contributed by atoms with Crippen LogP contribution in [0.4, 0.5) is 11.5 Å². The van der Waals surface area contributed by atoms with E-state index in [-0.39, 0.29) is 11.3 Å². The second-order valence-electron chi connectivity index (χ2n) is 10.5. The smallest absolute Gasteiger partial charge is 0.259 e. The van der Waals surface area contributed by atoms with Crippen molar-refractivity contribution in [2.24, 2.45) is 5.92 Å². The highest BCUT2D eigenvalue weighted by Gasteiger charge is 2.19. The minimum Gasteiger partial charge on any atom is -0.365 e. The van der Waals surface area contributed by atoms with E-state index >= 15 is 0 Å². The van der Waals surface area contributed by atoms with Gasteiger partial charge in [0.15, 0.2) is 0 Å². The number of allylic oxidation sites excluding steroid dienone is 1. The molecular formula is C30H37N5O. The minimum absolute atomic E-state index is 0.00494. The molecule has 36 heavy (non-hydrogen) atoms. The van der Waals surface area contributed by atoms with Crippen LogP contribution >= 0.6 is 0 Å². The Balaban J connectivity index is 1.47. The fourth-order valence-corrected chi connectivity index (χ4v) is 4.58. The Morgan fingerprint density at radius 1 is 1.14 bits per heavy atom. The Kier molecular flexibility index (Phi) is 8.49. The second-order valence-corrected chi connectivity index (χ2v) is 10.5. The number of rotatable bonds is 9. The van der Waals surface area contributed by atoms with E-state index < -0.39 is 0 Å². The van der Waals surface area contributed by atoms with Gasteiger partial charge in [-0.15, -0.1) is 0 Å². The van der Waals surface area contributed by atoms with Crippen molar-refractivity contribution in [3.8, 4) is 0 Å². The van der Waals surface area contributed by atoms with Gasteiger partial charge in [0.05, 0.1) is 5.56 Å². The van der Waals surface area contributed by atoms with E-state index in [1.807, 2.05) is 18.2 Å². The SMILES string of the molecule is CC(C)(C)c1ccc(NC(=O)c2cccnc2NCc2ccncc2)cc1C=CCCC1CCNC1. The zero-order valence-electron chi connectivity index (χ0n) is 21.6. The summed E-state index contributed by atoms with van der Waals surface area (Å²) in [4.78, 5) is 21.7. The van der Waals surface area contributed by atoms with Crippen molar-refractivity contribution < 1.29 is 4.79 Å². The van der Waals surface area contributed by atoms with E-state index in [0.29, 0.717) is 17.9 Å². The van der Waals surface area contributed by atoms with Gasteiger partial charge in [-0.25, -0.2) is 4.98 Å². The first-order valence-electron chi connectivity index (χ1n) is 12.8. The van der Waals surface area contributed by atoms with Crippen molar-refractivity contribution in [3.05, 3.63) is 89.4 Å². The predicted molar refractivity (Wildman–Crippen MR) is 148 cm³/mol. The number of hydrogen-bond donors (Lipinski definition) is 3. The average molecular weight is 484 g/mol. The van der Waals surface area contributed by atoms with Gasteiger partial charge >= 0.3 is 0 Å². The van der Waals surface area contributed by atoms with E-state index in [1.165, 1.54) is 18.4 Å². The average Bonchev–Trinajstić information content (AvgIpc) is 3.39. The Hall–Kier alpha value is -3.51. The molecule has 1 amide bonds. The van der Waals surface area contributed by atoms with Crippen molar-refractivity contribution in [1.82, 2.24) is 15.3 Å². The molecule has 6 heteroatoms. The van der Waals surface area contributed by atoms with Crippen LogP contribution in [-0.4, -0.2) is 29.0 Å². The fraction of sp³-hybridized carbons (Fsp3) is 0.367. The first kappa shape index (κ1) is 25.6. The Bertz CT molecular complexity index is 1180. The number of carbonyl (C=O) groups is 1. The number of nitrogens with one attached hydrogen (secondary N) is 3. The number of hydrogen-bond acceptors (Lipinski definition) is 5. The lowest BCUT2D eigenvalue weighted by Crippen LogP contribution is -2.17. The molecule has 4 rings (SSSR count). The van der Waals surface area contributed by atoms with Gasteiger partial charge in [-0.05, 0) is 96.8 Å². The zero-order valence-corrected chi connectivity index (χ0v) is 21.6. The normalized spacial score (nSPS) is 15.8. The molecule has 1 saturated heterocycles. The van der Waals surface area contributed by atoms with Crippen LogP contribution in [0.3, 0.4) is 0 Å². The standard InChI is InChI=1S/C30H37N5O/c1-30(2,3)27-11-10-25(19-24(27)8-5-4-7-22-14-18-32-20-22)35-29(36)26-9-6-15-33-28(26)34-21-23-12-16-31-17-13-23/h5-6,8-13,15-17,19,22,32H,4,7,14,18,20-21H2,1-3H3,(H,33,34)(H,35,36). The van der Waals surface area contributed by atoms with E-state index in [9.17, 15) is 4.79 Å². The highest BCUT2D eigenvalue weighted by molar-refractivity contribution is 6.07. The van der Waals surface area contributed by atoms with E-state index in [0.717, 1.165) is 42.2 Å². The summed E-state index contributed by atoms with van der Waals surface area (Å²) in [6.45, 7) is 9.50.